The second-order valence-electron chi connectivity index (χ2n) is 8.53. The van der Waals surface area contributed by atoms with E-state index in [4.69, 9.17) is 12.6 Å². The monoisotopic (exact) mass is 390 g/mol. The number of hydrogen-bond acceptors (Lipinski definition) is 5. The predicted molar refractivity (Wildman–Crippen MR) is 110 cm³/mol. The van der Waals surface area contributed by atoms with Gasteiger partial charge in [0, 0.05) is 23.7 Å². The maximum atomic E-state index is 10.9. The normalized spacial score (nSPS) is 37.0. The predicted octanol–water partition coefficient (Wildman–Crippen LogP) is 3.35. The van der Waals surface area contributed by atoms with Crippen LogP contribution in [0.25, 0.3) is 0 Å². The van der Waals surface area contributed by atoms with Gasteiger partial charge in [0.1, 0.15) is 5.94 Å². The minimum absolute atomic E-state index is 0.107. The van der Waals surface area contributed by atoms with Gasteiger partial charge in [0.25, 0.3) is 0 Å². The first-order chi connectivity index (χ1) is 13.0. The minimum Gasteiger partial charge on any atom is -0.394 e. The lowest BCUT2D eigenvalue weighted by molar-refractivity contribution is -0.134. The third-order valence-electron chi connectivity index (χ3n) is 6.31. The summed E-state index contributed by atoms with van der Waals surface area (Å²) in [6, 6.07) is 0. The molecule has 1 saturated carbocycles. The van der Waals surface area contributed by atoms with E-state index in [-0.39, 0.29) is 35.3 Å². The SMILES string of the molecule is [B]C1(CC2=CSC([C@@H]3OC(CO)C[C@H](O)C3C=C=O)C2)CCCCCCC1. The van der Waals surface area contributed by atoms with Crippen molar-refractivity contribution in [1.29, 1.82) is 0 Å². The molecule has 3 aliphatic rings. The number of thioether (sulfide) groups is 1. The Morgan fingerprint density at radius 3 is 2.67 bits per heavy atom. The fourth-order valence-corrected chi connectivity index (χ4v) is 6.09. The highest BCUT2D eigenvalue weighted by atomic mass is 32.2. The summed E-state index contributed by atoms with van der Waals surface area (Å²) in [5, 5.41) is 22.1. The Morgan fingerprint density at radius 1 is 1.30 bits per heavy atom. The molecular weight excluding hydrogens is 359 g/mol. The average molecular weight is 390 g/mol. The van der Waals surface area contributed by atoms with Crippen LogP contribution in [0.5, 0.6) is 0 Å². The van der Waals surface area contributed by atoms with E-state index in [0.717, 1.165) is 25.7 Å². The molecule has 2 heterocycles. The van der Waals surface area contributed by atoms with Crippen LogP contribution >= 0.6 is 11.8 Å². The van der Waals surface area contributed by atoms with Gasteiger partial charge in [-0.3, -0.25) is 0 Å². The molecule has 2 N–H and O–H groups in total. The summed E-state index contributed by atoms with van der Waals surface area (Å²) in [6.07, 6.45) is 10.7. The van der Waals surface area contributed by atoms with Gasteiger partial charge in [-0.25, -0.2) is 4.79 Å². The molecular formula is C21H31BO4S. The van der Waals surface area contributed by atoms with Crippen molar-refractivity contribution in [2.75, 3.05) is 6.61 Å². The zero-order chi connectivity index (χ0) is 19.3. The third-order valence-corrected chi connectivity index (χ3v) is 7.56. The fourth-order valence-electron chi connectivity index (χ4n) is 4.84. The molecule has 0 bridgehead atoms. The van der Waals surface area contributed by atoms with Crippen molar-refractivity contribution < 1.29 is 19.7 Å². The molecule has 2 radical (unpaired) electrons. The van der Waals surface area contributed by atoms with Crippen molar-refractivity contribution in [3.05, 3.63) is 17.1 Å². The Kier molecular flexibility index (Phi) is 7.69. The highest BCUT2D eigenvalue weighted by molar-refractivity contribution is 8.03. The summed E-state index contributed by atoms with van der Waals surface area (Å²) in [5.41, 5.74) is 1.35. The molecule has 2 fully saturated rings. The Morgan fingerprint density at radius 2 is 2.00 bits per heavy atom. The van der Waals surface area contributed by atoms with Crippen LogP contribution in [-0.2, 0) is 9.53 Å². The molecule has 0 aromatic carbocycles. The van der Waals surface area contributed by atoms with E-state index in [0.29, 0.717) is 6.42 Å². The molecule has 1 saturated heterocycles. The number of aliphatic hydroxyl groups is 2. The highest BCUT2D eigenvalue weighted by Gasteiger charge is 2.42. The molecule has 3 unspecified atom stereocenters. The first-order valence-corrected chi connectivity index (χ1v) is 11.3. The summed E-state index contributed by atoms with van der Waals surface area (Å²) < 4.78 is 6.05. The van der Waals surface area contributed by atoms with Gasteiger partial charge in [-0.1, -0.05) is 55.8 Å². The van der Waals surface area contributed by atoms with E-state index in [2.05, 4.69) is 5.41 Å². The number of ether oxygens (including phenoxy) is 1. The Bertz CT molecular complexity index is 567. The number of carbonyl (C=O) groups excluding carboxylic acids is 1. The van der Waals surface area contributed by atoms with E-state index in [1.807, 2.05) is 5.94 Å². The topological polar surface area (TPSA) is 66.8 Å². The summed E-state index contributed by atoms with van der Waals surface area (Å²) in [6.45, 7) is -0.116. The number of allylic oxidation sites excluding steroid dienone is 1. The molecule has 6 heteroatoms. The van der Waals surface area contributed by atoms with Crippen molar-refractivity contribution >= 4 is 25.5 Å². The van der Waals surface area contributed by atoms with Crippen molar-refractivity contribution in [2.45, 2.75) is 93.1 Å². The minimum atomic E-state index is -0.682. The molecule has 0 aromatic rings. The molecule has 1 aliphatic carbocycles. The van der Waals surface area contributed by atoms with Crippen LogP contribution in [0.4, 0.5) is 0 Å². The van der Waals surface area contributed by atoms with Crippen LogP contribution in [0.2, 0.25) is 5.31 Å². The van der Waals surface area contributed by atoms with Crippen LogP contribution in [-0.4, -0.2) is 54.2 Å². The summed E-state index contributed by atoms with van der Waals surface area (Å²) in [7, 11) is 6.76. The molecule has 5 atom stereocenters. The first-order valence-electron chi connectivity index (χ1n) is 10.3. The first kappa shape index (κ1) is 21.2. The molecule has 0 spiro atoms. The zero-order valence-electron chi connectivity index (χ0n) is 16.0. The number of hydrogen-bond donors (Lipinski definition) is 2. The molecule has 27 heavy (non-hydrogen) atoms. The van der Waals surface area contributed by atoms with E-state index >= 15 is 0 Å². The quantitative estimate of drug-likeness (QED) is 0.557. The second kappa shape index (κ2) is 9.80. The zero-order valence-corrected chi connectivity index (χ0v) is 16.8. The molecule has 2 aliphatic heterocycles. The van der Waals surface area contributed by atoms with E-state index in [1.165, 1.54) is 43.8 Å². The Labute approximate surface area is 168 Å². The third kappa shape index (κ3) is 5.51. The fraction of sp³-hybridized carbons (Fsp3) is 0.810. The van der Waals surface area contributed by atoms with Gasteiger partial charge < -0.3 is 14.9 Å². The molecule has 0 aromatic heterocycles. The van der Waals surface area contributed by atoms with Crippen LogP contribution in [0.15, 0.2) is 17.1 Å². The molecule has 0 amide bonds. The van der Waals surface area contributed by atoms with Crippen LogP contribution in [0, 0.1) is 5.92 Å². The van der Waals surface area contributed by atoms with E-state index < -0.39 is 6.10 Å². The van der Waals surface area contributed by atoms with Crippen molar-refractivity contribution in [1.82, 2.24) is 0 Å². The lowest BCUT2D eigenvalue weighted by Gasteiger charge is -2.40. The van der Waals surface area contributed by atoms with Gasteiger partial charge in [-0.15, -0.1) is 11.8 Å². The van der Waals surface area contributed by atoms with Gasteiger partial charge in [0.05, 0.1) is 32.8 Å². The standard InChI is InChI=1S/C21H31BO4S/c22-21(7-4-2-1-3-5-8-21)12-15-10-19(27-14-15)20-17(6-9-23)18(25)11-16(13-24)26-20/h6,14,16-20,24-25H,1-5,7-8,10-13H2/t16?,17?,18-,19?,20+/m0/s1. The largest absolute Gasteiger partial charge is 0.394 e. The summed E-state index contributed by atoms with van der Waals surface area (Å²) in [5.74, 6) is 1.45. The van der Waals surface area contributed by atoms with Crippen LogP contribution in [0.3, 0.4) is 0 Å². The maximum Gasteiger partial charge on any atom is 0.120 e. The molecule has 148 valence electrons. The number of aliphatic hydroxyl groups excluding tert-OH is 2. The average Bonchev–Trinajstić information content (AvgIpc) is 3.08. The van der Waals surface area contributed by atoms with Gasteiger partial charge in [-0.05, 0) is 18.2 Å². The van der Waals surface area contributed by atoms with Gasteiger partial charge in [0.2, 0.25) is 0 Å². The smallest absolute Gasteiger partial charge is 0.120 e. The Balaban J connectivity index is 1.63. The maximum absolute atomic E-state index is 10.9. The molecule has 4 nitrogen and oxygen atoms in total. The lowest BCUT2D eigenvalue weighted by atomic mass is 9.59. The lowest BCUT2D eigenvalue weighted by Crippen LogP contribution is -2.48. The van der Waals surface area contributed by atoms with Gasteiger partial charge in [0.15, 0.2) is 0 Å². The van der Waals surface area contributed by atoms with Gasteiger partial charge >= 0.3 is 0 Å². The molecule has 3 rings (SSSR count). The Hall–Kier alpha value is -0.515. The van der Waals surface area contributed by atoms with Crippen molar-refractivity contribution in [3.8, 4) is 0 Å². The highest BCUT2D eigenvalue weighted by Crippen LogP contribution is 2.48. The van der Waals surface area contributed by atoms with Crippen molar-refractivity contribution in [3.63, 3.8) is 0 Å². The number of rotatable bonds is 5. The van der Waals surface area contributed by atoms with Crippen LogP contribution < -0.4 is 0 Å². The van der Waals surface area contributed by atoms with Gasteiger partial charge in [-0.2, -0.15) is 0 Å². The van der Waals surface area contributed by atoms with E-state index in [9.17, 15) is 15.0 Å². The second-order valence-corrected chi connectivity index (χ2v) is 9.65. The van der Waals surface area contributed by atoms with E-state index in [1.54, 1.807) is 11.8 Å². The van der Waals surface area contributed by atoms with Crippen LogP contribution in [0.1, 0.15) is 64.2 Å². The summed E-state index contributed by atoms with van der Waals surface area (Å²) >= 11 is 1.71. The summed E-state index contributed by atoms with van der Waals surface area (Å²) in [4.78, 5) is 10.9. The van der Waals surface area contributed by atoms with Crippen molar-refractivity contribution in [2.24, 2.45) is 5.92 Å².